The second kappa shape index (κ2) is 5.66. The fourth-order valence-electron chi connectivity index (χ4n) is 1.16. The molecule has 0 bridgehead atoms. The first-order valence-corrected chi connectivity index (χ1v) is 7.26. The summed E-state index contributed by atoms with van der Waals surface area (Å²) in [6, 6.07) is 3.92. The fraction of sp³-hybridized carbons (Fsp3) is 0.455. The molecule has 0 saturated heterocycles. The number of aliphatic hydroxyl groups is 1. The molecule has 2 unspecified atom stereocenters. The third-order valence-corrected chi connectivity index (χ3v) is 4.56. The van der Waals surface area contributed by atoms with Gasteiger partial charge in [-0.3, -0.25) is 0 Å². The molecule has 0 fully saturated rings. The molecular weight excluding hydrogens is 256 g/mol. The van der Waals surface area contributed by atoms with Crippen LogP contribution < -0.4 is 0 Å². The Balaban J connectivity index is 1.95. The van der Waals surface area contributed by atoms with Gasteiger partial charge in [0, 0.05) is 5.25 Å². The van der Waals surface area contributed by atoms with E-state index in [4.69, 9.17) is 4.52 Å². The van der Waals surface area contributed by atoms with Gasteiger partial charge in [-0.1, -0.05) is 18.1 Å². The molecule has 0 aromatic carbocycles. The van der Waals surface area contributed by atoms with Crippen LogP contribution in [-0.2, 0) is 5.75 Å². The predicted octanol–water partition coefficient (Wildman–Crippen LogP) is 2.80. The zero-order valence-electron chi connectivity index (χ0n) is 9.66. The average Bonchev–Trinajstić information content (AvgIpc) is 2.95. The van der Waals surface area contributed by atoms with Crippen molar-refractivity contribution >= 4 is 23.1 Å². The molecule has 2 rings (SSSR count). The molecule has 0 aliphatic carbocycles. The summed E-state index contributed by atoms with van der Waals surface area (Å²) in [4.78, 5) is 5.32. The van der Waals surface area contributed by atoms with Crippen molar-refractivity contribution in [1.29, 1.82) is 0 Å². The van der Waals surface area contributed by atoms with Crippen molar-refractivity contribution in [3.8, 4) is 10.7 Å². The molecule has 0 aliphatic rings. The van der Waals surface area contributed by atoms with Crippen LogP contribution in [0.4, 0.5) is 0 Å². The number of nitrogens with zero attached hydrogens (tertiary/aromatic N) is 2. The van der Waals surface area contributed by atoms with E-state index in [2.05, 4.69) is 10.1 Å². The highest BCUT2D eigenvalue weighted by Gasteiger charge is 2.13. The molecule has 1 N–H and O–H groups in total. The third-order valence-electron chi connectivity index (χ3n) is 2.36. The Kier molecular flexibility index (Phi) is 4.20. The summed E-state index contributed by atoms with van der Waals surface area (Å²) in [6.07, 6.45) is -0.334. The molecular formula is C11H14N2O2S2. The summed E-state index contributed by atoms with van der Waals surface area (Å²) in [6.45, 7) is 3.76. The molecule has 0 spiro atoms. The van der Waals surface area contributed by atoms with Crippen LogP contribution in [0.5, 0.6) is 0 Å². The minimum Gasteiger partial charge on any atom is -0.392 e. The van der Waals surface area contributed by atoms with Crippen molar-refractivity contribution in [3.63, 3.8) is 0 Å². The molecule has 0 aliphatic heterocycles. The fourth-order valence-corrected chi connectivity index (χ4v) is 2.61. The topological polar surface area (TPSA) is 59.2 Å². The zero-order valence-corrected chi connectivity index (χ0v) is 11.3. The van der Waals surface area contributed by atoms with Gasteiger partial charge in [-0.05, 0) is 18.4 Å². The Morgan fingerprint density at radius 2 is 2.35 bits per heavy atom. The molecule has 2 aromatic rings. The van der Waals surface area contributed by atoms with Crippen LogP contribution in [0.2, 0.25) is 0 Å². The molecule has 2 atom stereocenters. The van der Waals surface area contributed by atoms with Gasteiger partial charge >= 0.3 is 0 Å². The van der Waals surface area contributed by atoms with Gasteiger partial charge in [0.15, 0.2) is 0 Å². The van der Waals surface area contributed by atoms with E-state index in [-0.39, 0.29) is 11.4 Å². The number of thiophene rings is 1. The normalized spacial score (nSPS) is 14.8. The van der Waals surface area contributed by atoms with E-state index in [9.17, 15) is 5.11 Å². The second-order valence-electron chi connectivity index (χ2n) is 3.75. The number of aliphatic hydroxyl groups excluding tert-OH is 1. The summed E-state index contributed by atoms with van der Waals surface area (Å²) < 4.78 is 5.16. The van der Waals surface area contributed by atoms with Gasteiger partial charge in [0.2, 0.25) is 11.7 Å². The van der Waals surface area contributed by atoms with E-state index < -0.39 is 0 Å². The molecule has 4 nitrogen and oxygen atoms in total. The van der Waals surface area contributed by atoms with Gasteiger partial charge in [-0.2, -0.15) is 4.98 Å². The van der Waals surface area contributed by atoms with Gasteiger partial charge < -0.3 is 9.63 Å². The Morgan fingerprint density at radius 3 is 3.00 bits per heavy atom. The molecule has 6 heteroatoms. The predicted molar refractivity (Wildman–Crippen MR) is 70.0 cm³/mol. The van der Waals surface area contributed by atoms with E-state index in [1.165, 1.54) is 0 Å². The summed E-state index contributed by atoms with van der Waals surface area (Å²) in [5.41, 5.74) is 0. The van der Waals surface area contributed by atoms with Gasteiger partial charge in [-0.15, -0.1) is 23.1 Å². The van der Waals surface area contributed by atoms with E-state index in [0.717, 1.165) is 4.88 Å². The second-order valence-corrected chi connectivity index (χ2v) is 6.06. The Bertz CT molecular complexity index is 454. The lowest BCUT2D eigenvalue weighted by Gasteiger charge is -2.11. The molecule has 2 aromatic heterocycles. The first-order chi connectivity index (χ1) is 8.16. The lowest BCUT2D eigenvalue weighted by molar-refractivity contribution is 0.196. The molecule has 92 valence electrons. The first kappa shape index (κ1) is 12.6. The van der Waals surface area contributed by atoms with E-state index in [0.29, 0.717) is 17.5 Å². The Hall–Kier alpha value is -0.850. The van der Waals surface area contributed by atoms with Crippen LogP contribution in [0.3, 0.4) is 0 Å². The van der Waals surface area contributed by atoms with Crippen molar-refractivity contribution in [3.05, 3.63) is 23.4 Å². The third kappa shape index (κ3) is 3.31. The van der Waals surface area contributed by atoms with Crippen molar-refractivity contribution in [2.75, 3.05) is 0 Å². The van der Waals surface area contributed by atoms with Gasteiger partial charge in [0.25, 0.3) is 0 Å². The zero-order chi connectivity index (χ0) is 12.3. The van der Waals surface area contributed by atoms with Crippen molar-refractivity contribution in [2.45, 2.75) is 31.0 Å². The smallest absolute Gasteiger partial charge is 0.236 e. The number of rotatable bonds is 5. The first-order valence-electron chi connectivity index (χ1n) is 5.33. The molecule has 2 heterocycles. The molecule has 0 amide bonds. The number of hydrogen-bond donors (Lipinski definition) is 1. The summed E-state index contributed by atoms with van der Waals surface area (Å²) in [5, 5.41) is 15.4. The monoisotopic (exact) mass is 270 g/mol. The molecule has 0 radical (unpaired) electrons. The van der Waals surface area contributed by atoms with Gasteiger partial charge in [0.1, 0.15) is 0 Å². The molecule has 0 saturated carbocycles. The van der Waals surface area contributed by atoms with Crippen LogP contribution in [0.15, 0.2) is 22.0 Å². The lowest BCUT2D eigenvalue weighted by Crippen LogP contribution is -2.15. The molecule has 17 heavy (non-hydrogen) atoms. The quantitative estimate of drug-likeness (QED) is 0.905. The standard InChI is InChI=1S/C11H14N2O2S2/c1-7(14)8(2)17-6-10-12-11(13-15-10)9-4-3-5-16-9/h3-5,7-8,14H,6H2,1-2H3. The maximum absolute atomic E-state index is 9.37. The summed E-state index contributed by atoms with van der Waals surface area (Å²) in [5.74, 6) is 1.87. The Labute approximate surface area is 108 Å². The van der Waals surface area contributed by atoms with Gasteiger partial charge in [0.05, 0.1) is 16.7 Å². The van der Waals surface area contributed by atoms with Crippen LogP contribution in [0.25, 0.3) is 10.7 Å². The average molecular weight is 270 g/mol. The van der Waals surface area contributed by atoms with E-state index >= 15 is 0 Å². The van der Waals surface area contributed by atoms with Gasteiger partial charge in [-0.25, -0.2) is 0 Å². The van der Waals surface area contributed by atoms with Crippen LogP contribution in [0, 0.1) is 0 Å². The summed E-state index contributed by atoms with van der Waals surface area (Å²) in [7, 11) is 0. The minimum atomic E-state index is -0.334. The SMILES string of the molecule is CC(O)C(C)SCc1nc(-c2cccs2)no1. The largest absolute Gasteiger partial charge is 0.392 e. The van der Waals surface area contributed by atoms with Crippen LogP contribution >= 0.6 is 23.1 Å². The Morgan fingerprint density at radius 1 is 1.53 bits per heavy atom. The number of aromatic nitrogens is 2. The number of thioether (sulfide) groups is 1. The number of hydrogen-bond acceptors (Lipinski definition) is 6. The van der Waals surface area contributed by atoms with Crippen LogP contribution in [0.1, 0.15) is 19.7 Å². The summed E-state index contributed by atoms with van der Waals surface area (Å²) >= 11 is 3.19. The minimum absolute atomic E-state index is 0.159. The van der Waals surface area contributed by atoms with Crippen molar-refractivity contribution in [1.82, 2.24) is 10.1 Å². The van der Waals surface area contributed by atoms with Crippen molar-refractivity contribution in [2.24, 2.45) is 0 Å². The maximum atomic E-state index is 9.37. The lowest BCUT2D eigenvalue weighted by atomic mass is 10.3. The highest BCUT2D eigenvalue weighted by atomic mass is 32.2. The highest BCUT2D eigenvalue weighted by Crippen LogP contribution is 2.24. The highest BCUT2D eigenvalue weighted by molar-refractivity contribution is 7.99. The van der Waals surface area contributed by atoms with E-state index in [1.54, 1.807) is 30.0 Å². The maximum Gasteiger partial charge on any atom is 0.236 e. The van der Waals surface area contributed by atoms with Crippen molar-refractivity contribution < 1.29 is 9.63 Å². The van der Waals surface area contributed by atoms with Crippen LogP contribution in [-0.4, -0.2) is 26.6 Å². The van der Waals surface area contributed by atoms with E-state index in [1.807, 2.05) is 24.4 Å².